The fourth-order valence-electron chi connectivity index (χ4n) is 5.58. The van der Waals surface area contributed by atoms with Crippen LogP contribution < -0.4 is 10.6 Å². The summed E-state index contributed by atoms with van der Waals surface area (Å²) in [6.07, 6.45) is 1.88. The highest BCUT2D eigenvalue weighted by Crippen LogP contribution is 2.34. The zero-order chi connectivity index (χ0) is 33.1. The number of carbonyl (C=O) groups excluding carboxylic acids is 3. The molecule has 0 saturated carbocycles. The zero-order valence-electron chi connectivity index (χ0n) is 27.3. The summed E-state index contributed by atoms with van der Waals surface area (Å²) in [5.74, 6) is -0.297. The maximum atomic E-state index is 13.4. The fraction of sp³-hybridized carbons (Fsp3) is 0.389. The van der Waals surface area contributed by atoms with Gasteiger partial charge in [-0.25, -0.2) is 9.59 Å². The smallest absolute Gasteiger partial charge is 0.412 e. The molecule has 0 radical (unpaired) electrons. The zero-order valence-corrected chi connectivity index (χ0v) is 27.3. The van der Waals surface area contributed by atoms with Crippen molar-refractivity contribution in [2.45, 2.75) is 84.0 Å². The lowest BCUT2D eigenvalue weighted by Gasteiger charge is -2.40. The predicted octanol–water partition coefficient (Wildman–Crippen LogP) is 8.19. The molecular formula is C36H43N5O5. The molecule has 0 bridgehead atoms. The van der Waals surface area contributed by atoms with Crippen LogP contribution in [0.25, 0.3) is 10.9 Å². The van der Waals surface area contributed by atoms with Crippen molar-refractivity contribution >= 4 is 40.4 Å². The van der Waals surface area contributed by atoms with Crippen molar-refractivity contribution in [2.75, 3.05) is 17.2 Å². The fourth-order valence-corrected chi connectivity index (χ4v) is 5.58. The molecule has 242 valence electrons. The number of aromatic amines is 1. The lowest BCUT2D eigenvalue weighted by atomic mass is 9.87. The van der Waals surface area contributed by atoms with Crippen LogP contribution in [0, 0.1) is 0 Å². The third-order valence-electron chi connectivity index (χ3n) is 7.93. The van der Waals surface area contributed by atoms with E-state index in [0.29, 0.717) is 35.5 Å². The number of benzene rings is 3. The van der Waals surface area contributed by atoms with Crippen molar-refractivity contribution in [3.05, 3.63) is 89.6 Å². The summed E-state index contributed by atoms with van der Waals surface area (Å²) in [5.41, 5.74) is 3.51. The Bertz CT molecular complexity index is 1700. The number of carbonyl (C=O) groups is 3. The molecule has 10 nitrogen and oxygen atoms in total. The molecule has 2 heterocycles. The Kier molecular flexibility index (Phi) is 9.37. The van der Waals surface area contributed by atoms with Crippen LogP contribution in [-0.4, -0.2) is 51.4 Å². The maximum Gasteiger partial charge on any atom is 0.412 e. The first-order valence-corrected chi connectivity index (χ1v) is 15.7. The molecule has 2 atom stereocenters. The standard InChI is InChI=1S/C36H43N5O5/c1-35(2,3)26-13-15-27(16-14-26)38-32(42)24-11-9-10-23(20-24)31(30-12-7-8-19-41(30)34(44)46-36(4,5)6)45-33(43)39-28-17-18-29-25(21-28)22-37-40-29/h9-11,13-18,20-22,30-31H,7-8,12,19H2,1-6H3,(H,37,40)(H,38,42)(H,39,43)/t30-,31?/m0/s1. The summed E-state index contributed by atoms with van der Waals surface area (Å²) < 4.78 is 11.9. The second-order valence-electron chi connectivity index (χ2n) is 13.8. The molecule has 3 N–H and O–H groups in total. The third kappa shape index (κ3) is 8.04. The number of H-pyrrole nitrogens is 1. The van der Waals surface area contributed by atoms with E-state index in [4.69, 9.17) is 9.47 Å². The first kappa shape index (κ1) is 32.5. The summed E-state index contributed by atoms with van der Waals surface area (Å²) in [7, 11) is 0. The van der Waals surface area contributed by atoms with Gasteiger partial charge in [-0.15, -0.1) is 0 Å². The van der Waals surface area contributed by atoms with Crippen molar-refractivity contribution in [1.82, 2.24) is 15.1 Å². The van der Waals surface area contributed by atoms with E-state index in [1.807, 2.05) is 57.2 Å². The normalized spacial score (nSPS) is 16.0. The molecule has 1 aromatic heterocycles. The van der Waals surface area contributed by atoms with E-state index in [1.54, 1.807) is 41.4 Å². The molecule has 1 fully saturated rings. The van der Waals surface area contributed by atoms with Crippen molar-refractivity contribution in [1.29, 1.82) is 0 Å². The van der Waals surface area contributed by atoms with Crippen LogP contribution in [0.4, 0.5) is 21.0 Å². The van der Waals surface area contributed by atoms with E-state index in [1.165, 1.54) is 0 Å². The quantitative estimate of drug-likeness (QED) is 0.198. The largest absolute Gasteiger partial charge is 0.444 e. The summed E-state index contributed by atoms with van der Waals surface area (Å²) in [6.45, 7) is 12.3. The summed E-state index contributed by atoms with van der Waals surface area (Å²) in [6, 6.07) is 19.7. The minimum Gasteiger partial charge on any atom is -0.444 e. The number of anilines is 2. The molecule has 1 saturated heterocycles. The number of nitrogens with zero attached hydrogens (tertiary/aromatic N) is 2. The molecule has 1 unspecified atom stereocenters. The lowest BCUT2D eigenvalue weighted by Crippen LogP contribution is -2.49. The molecular weight excluding hydrogens is 582 g/mol. The van der Waals surface area contributed by atoms with Crippen molar-refractivity contribution in [3.8, 4) is 0 Å². The molecule has 46 heavy (non-hydrogen) atoms. The highest BCUT2D eigenvalue weighted by atomic mass is 16.6. The second-order valence-corrected chi connectivity index (χ2v) is 13.8. The van der Waals surface area contributed by atoms with Crippen LogP contribution >= 0.6 is 0 Å². The molecule has 0 spiro atoms. The Labute approximate surface area is 269 Å². The van der Waals surface area contributed by atoms with Gasteiger partial charge in [-0.05, 0) is 99.0 Å². The van der Waals surface area contributed by atoms with Crippen LogP contribution in [0.1, 0.15) is 88.4 Å². The van der Waals surface area contributed by atoms with E-state index < -0.39 is 29.9 Å². The van der Waals surface area contributed by atoms with Gasteiger partial charge in [-0.1, -0.05) is 45.0 Å². The molecule has 5 rings (SSSR count). The molecule has 3 amide bonds. The average Bonchev–Trinajstić information content (AvgIpc) is 3.47. The maximum absolute atomic E-state index is 13.4. The van der Waals surface area contributed by atoms with Gasteiger partial charge in [0.25, 0.3) is 5.91 Å². The van der Waals surface area contributed by atoms with Gasteiger partial charge in [0.05, 0.1) is 17.8 Å². The van der Waals surface area contributed by atoms with Crippen LogP contribution in [0.15, 0.2) is 72.9 Å². The van der Waals surface area contributed by atoms with E-state index in [0.717, 1.165) is 29.3 Å². The number of ether oxygens (including phenoxy) is 2. The number of piperidine rings is 1. The van der Waals surface area contributed by atoms with Crippen LogP contribution in [0.5, 0.6) is 0 Å². The number of fused-ring (bicyclic) bond motifs is 1. The monoisotopic (exact) mass is 625 g/mol. The number of likely N-dealkylation sites (tertiary alicyclic amines) is 1. The first-order valence-electron chi connectivity index (χ1n) is 15.7. The van der Waals surface area contributed by atoms with Crippen molar-refractivity contribution in [3.63, 3.8) is 0 Å². The van der Waals surface area contributed by atoms with Gasteiger partial charge in [-0.3, -0.25) is 15.2 Å². The van der Waals surface area contributed by atoms with Gasteiger partial charge in [0.2, 0.25) is 0 Å². The van der Waals surface area contributed by atoms with Crippen LogP contribution in [0.3, 0.4) is 0 Å². The Hall–Kier alpha value is -4.86. The Morgan fingerprint density at radius 1 is 0.913 bits per heavy atom. The Morgan fingerprint density at radius 3 is 2.37 bits per heavy atom. The highest BCUT2D eigenvalue weighted by Gasteiger charge is 2.38. The number of hydrogen-bond acceptors (Lipinski definition) is 6. The highest BCUT2D eigenvalue weighted by molar-refractivity contribution is 6.04. The number of nitrogens with one attached hydrogen (secondary N) is 3. The van der Waals surface area contributed by atoms with Gasteiger partial charge < -0.3 is 19.7 Å². The molecule has 1 aliphatic rings. The Morgan fingerprint density at radius 2 is 1.65 bits per heavy atom. The minimum absolute atomic E-state index is 0.00349. The van der Waals surface area contributed by atoms with Crippen LogP contribution in [0.2, 0.25) is 0 Å². The van der Waals surface area contributed by atoms with E-state index in [2.05, 4.69) is 41.6 Å². The van der Waals surface area contributed by atoms with Crippen LogP contribution in [-0.2, 0) is 14.9 Å². The summed E-state index contributed by atoms with van der Waals surface area (Å²) in [4.78, 5) is 41.8. The number of amides is 3. The molecule has 0 aliphatic carbocycles. The number of aromatic nitrogens is 2. The van der Waals surface area contributed by atoms with Gasteiger partial charge in [0, 0.05) is 28.9 Å². The van der Waals surface area contributed by atoms with Gasteiger partial charge in [-0.2, -0.15) is 5.10 Å². The lowest BCUT2D eigenvalue weighted by molar-refractivity contribution is -0.0199. The van der Waals surface area contributed by atoms with Gasteiger partial charge >= 0.3 is 12.2 Å². The molecule has 3 aromatic carbocycles. The minimum atomic E-state index is -0.871. The molecule has 4 aromatic rings. The first-order chi connectivity index (χ1) is 21.8. The third-order valence-corrected chi connectivity index (χ3v) is 7.93. The topological polar surface area (TPSA) is 126 Å². The van der Waals surface area contributed by atoms with Crippen molar-refractivity contribution < 1.29 is 23.9 Å². The predicted molar refractivity (Wildman–Crippen MR) is 179 cm³/mol. The SMILES string of the molecule is CC(C)(C)OC(=O)N1CCCC[C@H]1C(OC(=O)Nc1ccc2[nH]ncc2c1)c1cccc(C(=O)Nc2ccc(C(C)(C)C)cc2)c1. The second kappa shape index (κ2) is 13.2. The van der Waals surface area contributed by atoms with Gasteiger partial charge in [0.15, 0.2) is 0 Å². The van der Waals surface area contributed by atoms with Gasteiger partial charge in [0.1, 0.15) is 11.7 Å². The molecule has 1 aliphatic heterocycles. The van der Waals surface area contributed by atoms with E-state index in [9.17, 15) is 14.4 Å². The van der Waals surface area contributed by atoms with Crippen molar-refractivity contribution in [2.24, 2.45) is 0 Å². The number of hydrogen-bond donors (Lipinski definition) is 3. The summed E-state index contributed by atoms with van der Waals surface area (Å²) >= 11 is 0. The van der Waals surface area contributed by atoms with E-state index >= 15 is 0 Å². The average molecular weight is 626 g/mol. The van der Waals surface area contributed by atoms with E-state index in [-0.39, 0.29) is 11.3 Å². The summed E-state index contributed by atoms with van der Waals surface area (Å²) in [5, 5.41) is 13.5. The Balaban J connectivity index is 1.42. The molecule has 10 heteroatoms. The number of rotatable bonds is 6.